The Hall–Kier alpha value is -3.32. The number of aliphatic hydroxyl groups is 1. The molecule has 0 aromatic carbocycles. The fourth-order valence-corrected chi connectivity index (χ4v) is 8.50. The first-order valence-electron chi connectivity index (χ1n) is 19.6. The van der Waals surface area contributed by atoms with Gasteiger partial charge in [-0.3, -0.25) is 14.8 Å². The Kier molecular flexibility index (Phi) is 15.7. The average Bonchev–Trinajstić information content (AvgIpc) is 3.84. The van der Waals surface area contributed by atoms with Crippen molar-refractivity contribution in [1.82, 2.24) is 14.8 Å². The summed E-state index contributed by atoms with van der Waals surface area (Å²) in [5.41, 5.74) is 6.02. The van der Waals surface area contributed by atoms with Gasteiger partial charge in [0.1, 0.15) is 0 Å². The zero-order valence-corrected chi connectivity index (χ0v) is 33.2. The number of ether oxygens (including phenoxy) is 3. The zero-order valence-electron chi connectivity index (χ0n) is 33.2. The van der Waals surface area contributed by atoms with Crippen LogP contribution < -0.4 is 0 Å². The molecule has 0 amide bonds. The summed E-state index contributed by atoms with van der Waals surface area (Å²) in [5, 5.41) is 9.20. The number of hydrogen-bond donors (Lipinski definition) is 1. The molecule has 284 valence electrons. The minimum Gasteiger partial charge on any atom is -0.449 e. The fourth-order valence-electron chi connectivity index (χ4n) is 8.50. The van der Waals surface area contributed by atoms with Crippen LogP contribution in [-0.4, -0.2) is 95.3 Å². The maximum absolute atomic E-state index is 12.3. The number of esters is 1. The van der Waals surface area contributed by atoms with Gasteiger partial charge in [-0.1, -0.05) is 75.8 Å². The number of hydrogen-bond acceptors (Lipinski definition) is 8. The third-order valence-corrected chi connectivity index (χ3v) is 11.0. The quantitative estimate of drug-likeness (QED) is 0.134. The first-order chi connectivity index (χ1) is 25.2. The second-order valence-electron chi connectivity index (χ2n) is 14.3. The van der Waals surface area contributed by atoms with Crippen molar-refractivity contribution < 1.29 is 24.1 Å². The van der Waals surface area contributed by atoms with Crippen LogP contribution in [0.15, 0.2) is 82.8 Å². The summed E-state index contributed by atoms with van der Waals surface area (Å²) in [4.78, 5) is 21.4. The summed E-state index contributed by atoms with van der Waals surface area (Å²) >= 11 is 0. The molecule has 1 aromatic rings. The van der Waals surface area contributed by atoms with Gasteiger partial charge in [-0.05, 0) is 89.1 Å². The highest BCUT2D eigenvalue weighted by Crippen LogP contribution is 2.56. The number of fused-ring (bicyclic) bond motifs is 3. The van der Waals surface area contributed by atoms with E-state index in [1.165, 1.54) is 30.5 Å². The van der Waals surface area contributed by atoms with Crippen molar-refractivity contribution in [2.24, 2.45) is 0 Å². The molecular formula is C44H63N3O5. The van der Waals surface area contributed by atoms with Crippen molar-refractivity contribution in [1.29, 1.82) is 0 Å². The SMILES string of the molecule is CC.CCCCN(C(C)C)C(/C=C(\C)C1=CC=C(CO)CC1)CC.COC(OC)C1CCC2N1C1C=C(C#Cc3cccnc3)C3=CC(=O)OC32C1. The van der Waals surface area contributed by atoms with Gasteiger partial charge in [-0.25, -0.2) is 4.79 Å². The molecule has 0 saturated carbocycles. The number of aliphatic hydroxyl groups excluding tert-OH is 1. The normalized spacial score (nSPS) is 25.4. The number of aromatic nitrogens is 1. The molecule has 6 rings (SSSR count). The first-order valence-corrected chi connectivity index (χ1v) is 19.6. The Balaban J connectivity index is 0.000000230. The summed E-state index contributed by atoms with van der Waals surface area (Å²) in [6, 6.07) is 5.30. The smallest absolute Gasteiger partial charge is 0.332 e. The van der Waals surface area contributed by atoms with Crippen molar-refractivity contribution >= 4 is 5.97 Å². The molecule has 2 fully saturated rings. The summed E-state index contributed by atoms with van der Waals surface area (Å²) in [5.74, 6) is 6.17. The monoisotopic (exact) mass is 713 g/mol. The van der Waals surface area contributed by atoms with Crippen LogP contribution in [0.4, 0.5) is 0 Å². The van der Waals surface area contributed by atoms with Gasteiger partial charge in [0.25, 0.3) is 0 Å². The van der Waals surface area contributed by atoms with Crippen LogP contribution in [0.25, 0.3) is 0 Å². The number of pyridine rings is 1. The molecule has 5 unspecified atom stereocenters. The highest BCUT2D eigenvalue weighted by Gasteiger charge is 2.65. The number of carbonyl (C=O) groups excluding carboxylic acids is 1. The third kappa shape index (κ3) is 9.24. The van der Waals surface area contributed by atoms with E-state index in [1.807, 2.05) is 26.0 Å². The highest BCUT2D eigenvalue weighted by molar-refractivity contribution is 5.90. The lowest BCUT2D eigenvalue weighted by Crippen LogP contribution is -2.48. The summed E-state index contributed by atoms with van der Waals surface area (Å²) in [7, 11) is 3.34. The lowest BCUT2D eigenvalue weighted by molar-refractivity contribution is -0.151. The Morgan fingerprint density at radius 3 is 2.54 bits per heavy atom. The number of unbranched alkanes of at least 4 members (excludes halogenated alkanes) is 1. The van der Waals surface area contributed by atoms with E-state index in [9.17, 15) is 9.90 Å². The molecule has 2 bridgehead atoms. The summed E-state index contributed by atoms with van der Waals surface area (Å²) in [6.07, 6.45) is 22.1. The van der Waals surface area contributed by atoms with Crippen molar-refractivity contribution in [2.75, 3.05) is 27.4 Å². The molecular weight excluding hydrogens is 651 g/mol. The molecule has 1 aromatic heterocycles. The van der Waals surface area contributed by atoms with Gasteiger partial charge in [0.05, 0.1) is 18.7 Å². The minimum absolute atomic E-state index is 0.127. The van der Waals surface area contributed by atoms with Gasteiger partial charge in [0.15, 0.2) is 11.9 Å². The lowest BCUT2D eigenvalue weighted by atomic mass is 9.77. The van der Waals surface area contributed by atoms with E-state index in [2.05, 4.69) is 85.5 Å². The number of rotatable bonds is 12. The van der Waals surface area contributed by atoms with Crippen molar-refractivity contribution in [3.8, 4) is 11.8 Å². The standard InChI is InChI=1S/C22H22N2O4.C20H35NO.C2H6/c1-26-21(27-2)18-7-8-19-22-12-16(24(18)19)10-15(17(22)11-20(25)28-22)6-5-14-4-3-9-23-13-14;1-6-8-13-21(16(3)4)20(7-2)14-17(5)19-11-9-18(15-22)10-12-19;1-2/h3-4,9-11,13,16,18-19,21H,7-8,12H2,1-2H3;9,11,14,16,20,22H,6-8,10,12-13,15H2,1-5H3;1-2H3/b;17-14+;. The number of methoxy groups -OCH3 is 2. The van der Waals surface area contributed by atoms with Crippen molar-refractivity contribution in [3.63, 3.8) is 0 Å². The van der Waals surface area contributed by atoms with Crippen LogP contribution in [0, 0.1) is 11.8 Å². The van der Waals surface area contributed by atoms with Crippen LogP contribution >= 0.6 is 0 Å². The number of nitrogens with zero attached hydrogens (tertiary/aromatic N) is 3. The van der Waals surface area contributed by atoms with Gasteiger partial charge in [-0.15, -0.1) is 0 Å². The van der Waals surface area contributed by atoms with E-state index in [-0.39, 0.29) is 37.0 Å². The van der Waals surface area contributed by atoms with E-state index in [0.717, 1.165) is 60.8 Å². The molecule has 52 heavy (non-hydrogen) atoms. The molecule has 0 radical (unpaired) electrons. The van der Waals surface area contributed by atoms with Gasteiger partial charge in [0.2, 0.25) is 0 Å². The van der Waals surface area contributed by atoms with E-state index in [4.69, 9.17) is 14.2 Å². The molecule has 3 aliphatic heterocycles. The van der Waals surface area contributed by atoms with Crippen molar-refractivity contribution in [2.45, 2.75) is 142 Å². The zero-order chi connectivity index (χ0) is 37.8. The Morgan fingerprint density at radius 1 is 1.17 bits per heavy atom. The summed E-state index contributed by atoms with van der Waals surface area (Å²) < 4.78 is 17.1. The predicted octanol–water partition coefficient (Wildman–Crippen LogP) is 7.71. The average molecular weight is 714 g/mol. The van der Waals surface area contributed by atoms with Crippen molar-refractivity contribution in [3.05, 3.63) is 88.3 Å². The Labute approximate surface area is 313 Å². The molecule has 5 atom stereocenters. The number of allylic oxidation sites excluding steroid dienone is 4. The van der Waals surface area contributed by atoms with Gasteiger partial charge in [-0.2, -0.15) is 0 Å². The van der Waals surface area contributed by atoms with Crippen LogP contribution in [0.5, 0.6) is 0 Å². The van der Waals surface area contributed by atoms with Gasteiger partial charge < -0.3 is 19.3 Å². The molecule has 8 heteroatoms. The molecule has 1 spiro atoms. The van der Waals surface area contributed by atoms with E-state index in [1.54, 1.807) is 32.7 Å². The Bertz CT molecular complexity index is 1560. The fraction of sp³-hybridized carbons (Fsp3) is 0.591. The second kappa shape index (κ2) is 19.7. The van der Waals surface area contributed by atoms with Crippen LogP contribution in [0.2, 0.25) is 0 Å². The van der Waals surface area contributed by atoms with E-state index < -0.39 is 5.60 Å². The molecule has 2 saturated heterocycles. The second-order valence-corrected chi connectivity index (χ2v) is 14.3. The third-order valence-electron chi connectivity index (χ3n) is 11.0. The lowest BCUT2D eigenvalue weighted by Gasteiger charge is -2.33. The largest absolute Gasteiger partial charge is 0.449 e. The maximum atomic E-state index is 12.3. The summed E-state index contributed by atoms with van der Waals surface area (Å²) in [6.45, 7) is 16.8. The molecule has 4 heterocycles. The minimum atomic E-state index is -0.601. The van der Waals surface area contributed by atoms with Crippen LogP contribution in [-0.2, 0) is 19.0 Å². The molecule has 5 aliphatic rings. The van der Waals surface area contributed by atoms with E-state index in [0.29, 0.717) is 12.1 Å². The topological polar surface area (TPSA) is 84.4 Å². The Morgan fingerprint density at radius 2 is 1.94 bits per heavy atom. The van der Waals surface area contributed by atoms with E-state index >= 15 is 0 Å². The maximum Gasteiger partial charge on any atom is 0.332 e. The molecule has 8 nitrogen and oxygen atoms in total. The highest BCUT2D eigenvalue weighted by atomic mass is 16.7. The number of carbonyl (C=O) groups is 1. The van der Waals surface area contributed by atoms with Gasteiger partial charge >= 0.3 is 5.97 Å². The molecule has 1 N–H and O–H groups in total. The van der Waals surface area contributed by atoms with Crippen LogP contribution in [0.1, 0.15) is 105 Å². The molecule has 2 aliphatic carbocycles. The van der Waals surface area contributed by atoms with Crippen LogP contribution in [0.3, 0.4) is 0 Å². The first kappa shape index (κ1) is 41.4. The predicted molar refractivity (Wildman–Crippen MR) is 209 cm³/mol. The van der Waals surface area contributed by atoms with Gasteiger partial charge in [0, 0.05) is 73.9 Å².